The Morgan fingerprint density at radius 1 is 1.24 bits per heavy atom. The number of nitrogens with zero attached hydrogens (tertiary/aromatic N) is 5. The summed E-state index contributed by atoms with van der Waals surface area (Å²) in [6.07, 6.45) is 1.68. The summed E-state index contributed by atoms with van der Waals surface area (Å²) in [5, 5.41) is 13.6. The molecule has 0 saturated carbocycles. The number of alkyl halides is 3. The molecule has 11 heteroatoms. The van der Waals surface area contributed by atoms with E-state index in [4.69, 9.17) is 15.4 Å². The second kappa shape index (κ2) is 11.6. The van der Waals surface area contributed by atoms with E-state index in [1.165, 1.54) is 12.5 Å². The lowest BCUT2D eigenvalue weighted by Gasteiger charge is -2.08. The molecule has 3 aromatic heterocycles. The molecule has 0 aliphatic rings. The quantitative estimate of drug-likeness (QED) is 0.277. The Bertz CT molecular complexity index is 1510. The van der Waals surface area contributed by atoms with Crippen LogP contribution in [0.3, 0.4) is 0 Å². The van der Waals surface area contributed by atoms with Gasteiger partial charge in [0.25, 0.3) is 0 Å². The van der Waals surface area contributed by atoms with E-state index in [2.05, 4.69) is 21.1 Å². The molecular formula is C27H23F3N6O2. The lowest BCUT2D eigenvalue weighted by molar-refractivity contribution is -0.143. The van der Waals surface area contributed by atoms with Crippen LogP contribution in [-0.2, 0) is 11.2 Å². The molecule has 1 aromatic carbocycles. The topological polar surface area (TPSA) is 123 Å². The van der Waals surface area contributed by atoms with Gasteiger partial charge >= 0.3 is 6.18 Å². The summed E-state index contributed by atoms with van der Waals surface area (Å²) in [5.41, 5.74) is 9.55. The van der Waals surface area contributed by atoms with Gasteiger partial charge in [-0.3, -0.25) is 9.79 Å². The van der Waals surface area contributed by atoms with Gasteiger partial charge in [-0.2, -0.15) is 23.5 Å². The van der Waals surface area contributed by atoms with Gasteiger partial charge in [-0.1, -0.05) is 18.2 Å². The molecule has 1 unspecified atom stereocenters. The molecule has 4 rings (SSSR count). The molecule has 38 heavy (non-hydrogen) atoms. The van der Waals surface area contributed by atoms with E-state index >= 15 is 0 Å². The summed E-state index contributed by atoms with van der Waals surface area (Å²) in [6, 6.07) is 13.8. The van der Waals surface area contributed by atoms with Crippen molar-refractivity contribution in [2.75, 3.05) is 0 Å². The van der Waals surface area contributed by atoms with Crippen LogP contribution in [0, 0.1) is 11.3 Å². The highest BCUT2D eigenvalue weighted by atomic mass is 19.4. The van der Waals surface area contributed by atoms with Crippen LogP contribution in [0.1, 0.15) is 42.2 Å². The predicted molar refractivity (Wildman–Crippen MR) is 135 cm³/mol. The van der Waals surface area contributed by atoms with Crippen molar-refractivity contribution < 1.29 is 22.4 Å². The molecule has 0 radical (unpaired) electrons. The van der Waals surface area contributed by atoms with Gasteiger partial charge in [0.05, 0.1) is 43.3 Å². The summed E-state index contributed by atoms with van der Waals surface area (Å²) in [7, 11) is 0. The molecule has 4 aromatic rings. The fourth-order valence-electron chi connectivity index (χ4n) is 3.85. The number of carbonyl (C=O) groups is 1. The van der Waals surface area contributed by atoms with Crippen molar-refractivity contribution >= 4 is 23.2 Å². The number of nitrogens with two attached hydrogens (primary N) is 1. The lowest BCUT2D eigenvalue weighted by Crippen LogP contribution is -2.12. The van der Waals surface area contributed by atoms with Crippen LogP contribution in [-0.4, -0.2) is 32.8 Å². The maximum absolute atomic E-state index is 12.4. The van der Waals surface area contributed by atoms with Gasteiger partial charge < -0.3 is 10.2 Å². The van der Waals surface area contributed by atoms with E-state index in [0.29, 0.717) is 39.4 Å². The van der Waals surface area contributed by atoms with Crippen LogP contribution in [0.2, 0.25) is 0 Å². The summed E-state index contributed by atoms with van der Waals surface area (Å²) < 4.78 is 44.2. The van der Waals surface area contributed by atoms with Crippen molar-refractivity contribution in [3.63, 3.8) is 0 Å². The molecular weight excluding hydrogens is 497 g/mol. The standard InChI is InChI=1S/C27H23F3N6O2/c28-27(29,30)8-6-22(37)12-18-3-1-4-19(11-18)24-17-34-26-13-20(16-35-36(24)26)21(14-32)15-33-23(7-9-31)25-5-2-10-38-25/h1-5,10-11,13-17,23H,6-8,12,32H2. The number of hydrogen-bond acceptors (Lipinski definition) is 7. The number of imidazole rings is 1. The summed E-state index contributed by atoms with van der Waals surface area (Å²) >= 11 is 0. The minimum atomic E-state index is -4.36. The molecule has 0 spiro atoms. The number of aromatic nitrogens is 3. The maximum atomic E-state index is 12.4. The smallest absolute Gasteiger partial charge is 0.389 e. The van der Waals surface area contributed by atoms with Gasteiger partial charge in [0.1, 0.15) is 17.6 Å². The summed E-state index contributed by atoms with van der Waals surface area (Å²) in [4.78, 5) is 20.9. The predicted octanol–water partition coefficient (Wildman–Crippen LogP) is 5.47. The van der Waals surface area contributed by atoms with Gasteiger partial charge in [0, 0.05) is 42.0 Å². The third kappa shape index (κ3) is 6.53. The van der Waals surface area contributed by atoms with E-state index in [-0.39, 0.29) is 12.8 Å². The van der Waals surface area contributed by atoms with Crippen LogP contribution in [0.5, 0.6) is 0 Å². The fraction of sp³-hybridized carbons (Fsp3) is 0.222. The van der Waals surface area contributed by atoms with Gasteiger partial charge in [0.2, 0.25) is 0 Å². The van der Waals surface area contributed by atoms with Crippen molar-refractivity contribution in [2.24, 2.45) is 10.7 Å². The summed E-state index contributed by atoms with van der Waals surface area (Å²) in [6.45, 7) is 0. The number of halogens is 3. The maximum Gasteiger partial charge on any atom is 0.389 e. The normalized spacial score (nSPS) is 13.2. The molecule has 0 bridgehead atoms. The number of carbonyl (C=O) groups excluding carboxylic acids is 1. The highest BCUT2D eigenvalue weighted by molar-refractivity contribution is 6.09. The number of rotatable bonds is 10. The number of benzene rings is 1. The second-order valence-corrected chi connectivity index (χ2v) is 8.48. The molecule has 194 valence electrons. The zero-order chi connectivity index (χ0) is 27.1. The Kier molecular flexibility index (Phi) is 8.01. The lowest BCUT2D eigenvalue weighted by atomic mass is 10.0. The number of aliphatic imine (C=N–C) groups is 1. The molecule has 2 N–H and O–H groups in total. The number of ketones is 1. The Morgan fingerprint density at radius 2 is 2.08 bits per heavy atom. The van der Waals surface area contributed by atoms with Crippen molar-refractivity contribution in [1.82, 2.24) is 14.6 Å². The van der Waals surface area contributed by atoms with E-state index in [1.807, 2.05) is 6.07 Å². The van der Waals surface area contributed by atoms with Gasteiger partial charge in [-0.25, -0.2) is 9.50 Å². The van der Waals surface area contributed by atoms with Crippen LogP contribution in [0.4, 0.5) is 13.2 Å². The molecule has 8 nitrogen and oxygen atoms in total. The summed E-state index contributed by atoms with van der Waals surface area (Å²) in [5.74, 6) is 0.0853. The first-order valence-electron chi connectivity index (χ1n) is 11.6. The third-order valence-electron chi connectivity index (χ3n) is 5.74. The number of fused-ring (bicyclic) bond motifs is 1. The van der Waals surface area contributed by atoms with Gasteiger partial charge in [-0.15, -0.1) is 0 Å². The second-order valence-electron chi connectivity index (χ2n) is 8.48. The van der Waals surface area contributed by atoms with Crippen LogP contribution in [0.15, 0.2) is 76.7 Å². The first-order chi connectivity index (χ1) is 18.3. The number of allylic oxidation sites excluding steroid dienone is 1. The average Bonchev–Trinajstić information content (AvgIpc) is 3.57. The monoisotopic (exact) mass is 520 g/mol. The number of nitriles is 1. The molecule has 1 atom stereocenters. The van der Waals surface area contributed by atoms with Gasteiger partial charge in [0.15, 0.2) is 5.65 Å². The Labute approximate surface area is 215 Å². The SMILES string of the molecule is N#CCC(N=CC(=CN)c1cnn2c(-c3cccc(CC(=O)CCC(F)(F)F)c3)cnc2c1)c1ccco1. The van der Waals surface area contributed by atoms with E-state index in [0.717, 1.165) is 0 Å². The third-order valence-corrected chi connectivity index (χ3v) is 5.74. The Morgan fingerprint density at radius 3 is 2.79 bits per heavy atom. The molecule has 0 aliphatic carbocycles. The zero-order valence-corrected chi connectivity index (χ0v) is 20.1. The zero-order valence-electron chi connectivity index (χ0n) is 20.1. The fourth-order valence-corrected chi connectivity index (χ4v) is 3.85. The van der Waals surface area contributed by atoms with Crippen molar-refractivity contribution in [3.8, 4) is 17.3 Å². The van der Waals surface area contributed by atoms with E-state index in [9.17, 15) is 18.0 Å². The van der Waals surface area contributed by atoms with Crippen molar-refractivity contribution in [1.29, 1.82) is 5.26 Å². The van der Waals surface area contributed by atoms with Crippen molar-refractivity contribution in [3.05, 3.63) is 84.2 Å². The van der Waals surface area contributed by atoms with E-state index in [1.54, 1.807) is 59.5 Å². The van der Waals surface area contributed by atoms with Gasteiger partial charge in [-0.05, 0) is 29.8 Å². The average molecular weight is 521 g/mol. The first-order valence-corrected chi connectivity index (χ1v) is 11.6. The van der Waals surface area contributed by atoms with E-state index < -0.39 is 30.8 Å². The first kappa shape index (κ1) is 26.3. The number of furan rings is 1. The highest BCUT2D eigenvalue weighted by Gasteiger charge is 2.27. The molecule has 0 aliphatic heterocycles. The molecule has 0 saturated heterocycles. The highest BCUT2D eigenvalue weighted by Crippen LogP contribution is 2.26. The number of Topliss-reactive ketones (excluding diaryl/α,β-unsaturated/α-hetero) is 1. The Balaban J connectivity index is 1.53. The van der Waals surface area contributed by atoms with Crippen LogP contribution < -0.4 is 5.73 Å². The van der Waals surface area contributed by atoms with Crippen molar-refractivity contribution in [2.45, 2.75) is 37.9 Å². The molecule has 0 amide bonds. The minimum Gasteiger partial charge on any atom is -0.467 e. The Hall–Kier alpha value is -4.72. The van der Waals surface area contributed by atoms with Crippen LogP contribution in [0.25, 0.3) is 22.5 Å². The number of hydrogen-bond donors (Lipinski definition) is 1. The largest absolute Gasteiger partial charge is 0.467 e. The minimum absolute atomic E-state index is 0.0903. The van der Waals surface area contributed by atoms with Crippen LogP contribution >= 0.6 is 0 Å². The molecule has 3 heterocycles. The molecule has 0 fully saturated rings.